The second-order valence-corrected chi connectivity index (χ2v) is 5.30. The first-order valence-electron chi connectivity index (χ1n) is 7.09. The lowest BCUT2D eigenvalue weighted by Gasteiger charge is -2.40. The van der Waals surface area contributed by atoms with Crippen molar-refractivity contribution < 1.29 is 19.1 Å². The van der Waals surface area contributed by atoms with Gasteiger partial charge in [-0.15, -0.1) is 0 Å². The molecule has 2 amide bonds. The summed E-state index contributed by atoms with van der Waals surface area (Å²) in [5.41, 5.74) is 0.954. The summed E-state index contributed by atoms with van der Waals surface area (Å²) < 4.78 is 10.8. The monoisotopic (exact) mass is 290 g/mol. The average molecular weight is 290 g/mol. The zero-order valence-corrected chi connectivity index (χ0v) is 11.7. The van der Waals surface area contributed by atoms with E-state index in [4.69, 9.17) is 9.47 Å². The van der Waals surface area contributed by atoms with Gasteiger partial charge >= 0.3 is 6.09 Å². The lowest BCUT2D eigenvalue weighted by molar-refractivity contribution is -0.140. The Morgan fingerprint density at radius 3 is 3.00 bits per heavy atom. The molecule has 2 aliphatic rings. The Bertz CT molecular complexity index is 520. The smallest absolute Gasteiger partial charge is 0.410 e. The van der Waals surface area contributed by atoms with Gasteiger partial charge in [0.05, 0.1) is 12.1 Å². The van der Waals surface area contributed by atoms with Gasteiger partial charge in [-0.3, -0.25) is 4.79 Å². The maximum Gasteiger partial charge on any atom is 0.410 e. The fourth-order valence-corrected chi connectivity index (χ4v) is 2.68. The van der Waals surface area contributed by atoms with Crippen LogP contribution in [0.1, 0.15) is 12.0 Å². The Morgan fingerprint density at radius 2 is 2.19 bits per heavy atom. The van der Waals surface area contributed by atoms with Gasteiger partial charge in [0.25, 0.3) is 0 Å². The quantitative estimate of drug-likeness (QED) is 0.879. The van der Waals surface area contributed by atoms with E-state index in [1.54, 1.807) is 4.90 Å². The molecule has 21 heavy (non-hydrogen) atoms. The molecule has 6 nitrogen and oxygen atoms in total. The minimum Gasteiger partial charge on any atom is -0.445 e. The topological polar surface area (TPSA) is 67.9 Å². The van der Waals surface area contributed by atoms with E-state index in [2.05, 4.69) is 5.32 Å². The Kier molecular flexibility index (Phi) is 4.06. The molecule has 2 aliphatic heterocycles. The second kappa shape index (κ2) is 6.13. The van der Waals surface area contributed by atoms with Crippen LogP contribution in [0.4, 0.5) is 4.79 Å². The lowest BCUT2D eigenvalue weighted by atomic mass is 10.0. The largest absolute Gasteiger partial charge is 0.445 e. The predicted molar refractivity (Wildman–Crippen MR) is 74.5 cm³/mol. The lowest BCUT2D eigenvalue weighted by Crippen LogP contribution is -2.61. The highest BCUT2D eigenvalue weighted by Crippen LogP contribution is 2.18. The highest BCUT2D eigenvalue weighted by molar-refractivity contribution is 5.78. The van der Waals surface area contributed by atoms with Crippen LogP contribution in [0.5, 0.6) is 0 Å². The molecule has 2 saturated heterocycles. The van der Waals surface area contributed by atoms with Gasteiger partial charge in [0, 0.05) is 13.1 Å². The Hall–Kier alpha value is -2.08. The highest BCUT2D eigenvalue weighted by Gasteiger charge is 2.36. The van der Waals surface area contributed by atoms with Crippen LogP contribution < -0.4 is 5.32 Å². The van der Waals surface area contributed by atoms with Crippen LogP contribution in [0.3, 0.4) is 0 Å². The summed E-state index contributed by atoms with van der Waals surface area (Å²) in [7, 11) is 0. The molecule has 0 radical (unpaired) electrons. The standard InChI is InChI=1S/C15H18N2O4/c18-14-10-20-13-6-7-17(8-12(13)16-14)15(19)21-9-11-4-2-1-3-5-11/h1-5,12-13H,6-10H2,(H,16,18). The summed E-state index contributed by atoms with van der Waals surface area (Å²) in [6.45, 7) is 1.39. The third-order valence-corrected chi connectivity index (χ3v) is 3.79. The minimum absolute atomic E-state index is 0.000809. The van der Waals surface area contributed by atoms with Gasteiger partial charge in [-0.25, -0.2) is 4.79 Å². The number of benzene rings is 1. The highest BCUT2D eigenvalue weighted by atomic mass is 16.6. The van der Waals surface area contributed by atoms with Crippen molar-refractivity contribution in [1.29, 1.82) is 0 Å². The molecule has 6 heteroatoms. The normalized spacial score (nSPS) is 25.0. The van der Waals surface area contributed by atoms with Crippen LogP contribution in [0.15, 0.2) is 30.3 Å². The summed E-state index contributed by atoms with van der Waals surface area (Å²) in [5.74, 6) is -0.129. The van der Waals surface area contributed by atoms with E-state index < -0.39 is 0 Å². The molecule has 1 aromatic carbocycles. The molecule has 3 rings (SSSR count). The molecule has 1 aromatic rings. The number of nitrogens with one attached hydrogen (secondary N) is 1. The molecule has 1 N–H and O–H groups in total. The van der Waals surface area contributed by atoms with Gasteiger partial charge in [-0.05, 0) is 12.0 Å². The van der Waals surface area contributed by atoms with Crippen molar-refractivity contribution in [2.45, 2.75) is 25.2 Å². The molecule has 112 valence electrons. The molecule has 2 fully saturated rings. The summed E-state index contributed by atoms with van der Waals surface area (Å²) in [4.78, 5) is 25.0. The van der Waals surface area contributed by atoms with Gasteiger partial charge in [0.15, 0.2) is 0 Å². The first-order valence-corrected chi connectivity index (χ1v) is 7.09. The number of likely N-dealkylation sites (tertiary alicyclic amines) is 1. The number of ether oxygens (including phenoxy) is 2. The van der Waals surface area contributed by atoms with Crippen LogP contribution in [0.25, 0.3) is 0 Å². The van der Waals surface area contributed by atoms with Crippen molar-refractivity contribution in [3.63, 3.8) is 0 Å². The number of hydrogen-bond donors (Lipinski definition) is 1. The number of morpholine rings is 1. The third kappa shape index (κ3) is 3.33. The van der Waals surface area contributed by atoms with Crippen molar-refractivity contribution in [2.75, 3.05) is 19.7 Å². The van der Waals surface area contributed by atoms with Crippen molar-refractivity contribution in [2.24, 2.45) is 0 Å². The minimum atomic E-state index is -0.350. The number of fused-ring (bicyclic) bond motifs is 1. The Morgan fingerprint density at radius 1 is 1.38 bits per heavy atom. The molecule has 0 aromatic heterocycles. The molecule has 0 spiro atoms. The van der Waals surface area contributed by atoms with Crippen LogP contribution in [-0.2, 0) is 20.9 Å². The van der Waals surface area contributed by atoms with Gasteiger partial charge in [0.1, 0.15) is 13.2 Å². The number of carbonyl (C=O) groups is 2. The molecule has 2 heterocycles. The summed E-state index contributed by atoms with van der Waals surface area (Å²) in [6.07, 6.45) is 0.365. The van der Waals surface area contributed by atoms with Crippen LogP contribution in [0, 0.1) is 0 Å². The third-order valence-electron chi connectivity index (χ3n) is 3.79. The first-order chi connectivity index (χ1) is 10.2. The zero-order chi connectivity index (χ0) is 14.7. The van der Waals surface area contributed by atoms with Gasteiger partial charge in [-0.2, -0.15) is 0 Å². The molecule has 0 bridgehead atoms. The van der Waals surface area contributed by atoms with E-state index in [-0.39, 0.29) is 37.4 Å². The SMILES string of the molecule is O=C1COC2CCN(C(=O)OCc3ccccc3)CC2N1. The number of amides is 2. The molecule has 2 unspecified atom stereocenters. The fourth-order valence-electron chi connectivity index (χ4n) is 2.68. The van der Waals surface area contributed by atoms with Crippen molar-refractivity contribution in [1.82, 2.24) is 10.2 Å². The number of piperidine rings is 1. The molecular weight excluding hydrogens is 272 g/mol. The fraction of sp³-hybridized carbons (Fsp3) is 0.467. The van der Waals surface area contributed by atoms with Gasteiger partial charge in [-0.1, -0.05) is 30.3 Å². The Balaban J connectivity index is 1.52. The molecule has 0 saturated carbocycles. The van der Waals surface area contributed by atoms with Gasteiger partial charge < -0.3 is 19.7 Å². The van der Waals surface area contributed by atoms with E-state index in [0.29, 0.717) is 19.5 Å². The predicted octanol–water partition coefficient (Wildman–Crippen LogP) is 0.913. The molecule has 0 aliphatic carbocycles. The number of rotatable bonds is 2. The van der Waals surface area contributed by atoms with E-state index in [0.717, 1.165) is 5.56 Å². The van der Waals surface area contributed by atoms with E-state index >= 15 is 0 Å². The van der Waals surface area contributed by atoms with E-state index in [9.17, 15) is 9.59 Å². The number of carbonyl (C=O) groups excluding carboxylic acids is 2. The number of nitrogens with zero attached hydrogens (tertiary/aromatic N) is 1. The Labute approximate surface area is 123 Å². The zero-order valence-electron chi connectivity index (χ0n) is 11.7. The average Bonchev–Trinajstić information content (AvgIpc) is 2.53. The second-order valence-electron chi connectivity index (χ2n) is 5.30. The first kappa shape index (κ1) is 13.9. The van der Waals surface area contributed by atoms with E-state index in [1.807, 2.05) is 30.3 Å². The van der Waals surface area contributed by atoms with Crippen molar-refractivity contribution >= 4 is 12.0 Å². The summed E-state index contributed by atoms with van der Waals surface area (Å²) >= 11 is 0. The van der Waals surface area contributed by atoms with Gasteiger partial charge in [0.2, 0.25) is 5.91 Å². The van der Waals surface area contributed by atoms with Crippen LogP contribution >= 0.6 is 0 Å². The maximum atomic E-state index is 12.1. The summed E-state index contributed by atoms with van der Waals surface area (Å²) in [5, 5.41) is 2.86. The summed E-state index contributed by atoms with van der Waals surface area (Å²) in [6, 6.07) is 9.42. The van der Waals surface area contributed by atoms with Crippen LogP contribution in [-0.4, -0.2) is 48.7 Å². The van der Waals surface area contributed by atoms with E-state index in [1.165, 1.54) is 0 Å². The number of hydrogen-bond acceptors (Lipinski definition) is 4. The van der Waals surface area contributed by atoms with Crippen molar-refractivity contribution in [3.05, 3.63) is 35.9 Å². The molecular formula is C15H18N2O4. The maximum absolute atomic E-state index is 12.1. The molecule has 2 atom stereocenters. The van der Waals surface area contributed by atoms with Crippen molar-refractivity contribution in [3.8, 4) is 0 Å². The van der Waals surface area contributed by atoms with Crippen LogP contribution in [0.2, 0.25) is 0 Å².